The van der Waals surface area contributed by atoms with Crippen molar-refractivity contribution in [2.45, 2.75) is 6.54 Å². The maximum atomic E-state index is 10.8. The average molecular weight is 195 g/mol. The minimum absolute atomic E-state index is 0.00255. The Morgan fingerprint density at radius 3 is 2.57 bits per heavy atom. The Bertz CT molecular complexity index is 389. The number of rotatable bonds is 3. The van der Waals surface area contributed by atoms with Gasteiger partial charge in [-0.2, -0.15) is 0 Å². The molecule has 1 aromatic carbocycles. The van der Waals surface area contributed by atoms with Crippen LogP contribution < -0.4 is 11.5 Å². The molecule has 0 heterocycles. The number of benzene rings is 1. The van der Waals surface area contributed by atoms with E-state index < -0.39 is 10.8 Å². The van der Waals surface area contributed by atoms with E-state index in [0.29, 0.717) is 5.56 Å². The van der Waals surface area contributed by atoms with Crippen molar-refractivity contribution in [3.8, 4) is 0 Å². The van der Waals surface area contributed by atoms with Crippen LogP contribution in [0, 0.1) is 10.1 Å². The molecule has 1 amide bonds. The van der Waals surface area contributed by atoms with E-state index in [4.69, 9.17) is 11.5 Å². The first-order valence-electron chi connectivity index (χ1n) is 3.83. The highest BCUT2D eigenvalue weighted by atomic mass is 16.6. The van der Waals surface area contributed by atoms with Crippen LogP contribution in [0.25, 0.3) is 0 Å². The van der Waals surface area contributed by atoms with E-state index in [9.17, 15) is 14.9 Å². The summed E-state index contributed by atoms with van der Waals surface area (Å²) < 4.78 is 0. The van der Waals surface area contributed by atoms with Crippen LogP contribution in [0.4, 0.5) is 5.69 Å². The summed E-state index contributed by atoms with van der Waals surface area (Å²) in [5.41, 5.74) is 10.7. The topological polar surface area (TPSA) is 112 Å². The molecule has 6 heteroatoms. The summed E-state index contributed by atoms with van der Waals surface area (Å²) in [6, 6.07) is 3.86. The third-order valence-corrected chi connectivity index (χ3v) is 1.78. The van der Waals surface area contributed by atoms with E-state index in [1.54, 1.807) is 0 Å². The summed E-state index contributed by atoms with van der Waals surface area (Å²) in [6.07, 6.45) is 0. The maximum Gasteiger partial charge on any atom is 0.273 e. The van der Waals surface area contributed by atoms with Crippen molar-refractivity contribution < 1.29 is 9.72 Å². The smallest absolute Gasteiger partial charge is 0.273 e. The maximum absolute atomic E-state index is 10.8. The van der Waals surface area contributed by atoms with Crippen molar-refractivity contribution in [3.05, 3.63) is 39.4 Å². The predicted octanol–water partition coefficient (Wildman–Crippen LogP) is 0.152. The number of nitrogens with zero attached hydrogens (tertiary/aromatic N) is 1. The normalized spacial score (nSPS) is 9.79. The molecule has 1 rings (SSSR count). The summed E-state index contributed by atoms with van der Waals surface area (Å²) in [5, 5.41) is 10.5. The first-order chi connectivity index (χ1) is 6.56. The van der Waals surface area contributed by atoms with Crippen molar-refractivity contribution in [1.82, 2.24) is 0 Å². The first kappa shape index (κ1) is 10.1. The predicted molar refractivity (Wildman–Crippen MR) is 49.5 cm³/mol. The van der Waals surface area contributed by atoms with Crippen LogP contribution in [-0.4, -0.2) is 10.8 Å². The second-order valence-electron chi connectivity index (χ2n) is 2.67. The van der Waals surface area contributed by atoms with E-state index in [-0.39, 0.29) is 17.8 Å². The molecule has 74 valence electrons. The second-order valence-corrected chi connectivity index (χ2v) is 2.67. The first-order valence-corrected chi connectivity index (χ1v) is 3.83. The van der Waals surface area contributed by atoms with Crippen LogP contribution in [-0.2, 0) is 6.54 Å². The van der Waals surface area contributed by atoms with Gasteiger partial charge in [0.25, 0.3) is 5.69 Å². The fraction of sp³-hybridized carbons (Fsp3) is 0.125. The Morgan fingerprint density at radius 2 is 2.14 bits per heavy atom. The van der Waals surface area contributed by atoms with Crippen molar-refractivity contribution in [2.75, 3.05) is 0 Å². The molecule has 0 saturated carbocycles. The average Bonchev–Trinajstić information content (AvgIpc) is 2.16. The summed E-state index contributed by atoms with van der Waals surface area (Å²) >= 11 is 0. The van der Waals surface area contributed by atoms with E-state index in [2.05, 4.69) is 0 Å². The zero-order chi connectivity index (χ0) is 10.7. The molecule has 0 fully saturated rings. The van der Waals surface area contributed by atoms with Gasteiger partial charge in [-0.15, -0.1) is 0 Å². The van der Waals surface area contributed by atoms with Gasteiger partial charge in [-0.3, -0.25) is 14.9 Å². The minimum atomic E-state index is -0.630. The lowest BCUT2D eigenvalue weighted by molar-refractivity contribution is -0.385. The molecule has 4 N–H and O–H groups in total. The van der Waals surface area contributed by atoms with Gasteiger partial charge >= 0.3 is 0 Å². The monoisotopic (exact) mass is 195 g/mol. The fourth-order valence-corrected chi connectivity index (χ4v) is 1.08. The highest BCUT2D eigenvalue weighted by Gasteiger charge is 2.13. The number of primary amides is 1. The number of nitrogens with two attached hydrogens (primary N) is 2. The van der Waals surface area contributed by atoms with Crippen LogP contribution >= 0.6 is 0 Å². The van der Waals surface area contributed by atoms with Gasteiger partial charge in [-0.25, -0.2) is 0 Å². The van der Waals surface area contributed by atoms with Crippen molar-refractivity contribution >= 4 is 11.6 Å². The summed E-state index contributed by atoms with van der Waals surface area (Å²) in [7, 11) is 0. The molecule has 6 nitrogen and oxygen atoms in total. The molecule has 14 heavy (non-hydrogen) atoms. The van der Waals surface area contributed by atoms with Gasteiger partial charge in [0.15, 0.2) is 0 Å². The number of nitro benzene ring substituents is 1. The fourth-order valence-electron chi connectivity index (χ4n) is 1.08. The van der Waals surface area contributed by atoms with Crippen LogP contribution in [0.5, 0.6) is 0 Å². The molecule has 0 aromatic heterocycles. The van der Waals surface area contributed by atoms with Gasteiger partial charge in [0.05, 0.1) is 4.92 Å². The Morgan fingerprint density at radius 1 is 1.50 bits per heavy atom. The molecule has 0 spiro atoms. The standard InChI is InChI=1S/C8H9N3O3/c9-4-6-3-5(8(10)12)1-2-7(6)11(13)14/h1-3H,4,9H2,(H2,10,12). The van der Waals surface area contributed by atoms with Gasteiger partial charge in [-0.1, -0.05) is 0 Å². The Hall–Kier alpha value is -1.95. The zero-order valence-electron chi connectivity index (χ0n) is 7.27. The third kappa shape index (κ3) is 1.86. The number of hydrogen-bond donors (Lipinski definition) is 2. The summed E-state index contributed by atoms with van der Waals surface area (Å²) in [6.45, 7) is -0.00255. The van der Waals surface area contributed by atoms with Crippen molar-refractivity contribution in [1.29, 1.82) is 0 Å². The van der Waals surface area contributed by atoms with Crippen LogP contribution in [0.3, 0.4) is 0 Å². The molecule has 0 saturated heterocycles. The number of nitro groups is 1. The minimum Gasteiger partial charge on any atom is -0.366 e. The molecular weight excluding hydrogens is 186 g/mol. The number of amides is 1. The zero-order valence-corrected chi connectivity index (χ0v) is 7.27. The SMILES string of the molecule is NCc1cc(C(N)=O)ccc1[N+](=O)[O-]. The Labute approximate surface area is 79.7 Å². The van der Waals surface area contributed by atoms with Gasteiger partial charge in [-0.05, 0) is 12.1 Å². The van der Waals surface area contributed by atoms with E-state index in [1.165, 1.54) is 18.2 Å². The Kier molecular flexibility index (Phi) is 2.78. The van der Waals surface area contributed by atoms with Crippen LogP contribution in [0.2, 0.25) is 0 Å². The third-order valence-electron chi connectivity index (χ3n) is 1.78. The number of carbonyl (C=O) groups is 1. The van der Waals surface area contributed by atoms with E-state index >= 15 is 0 Å². The molecular formula is C8H9N3O3. The van der Waals surface area contributed by atoms with Crippen LogP contribution in [0.1, 0.15) is 15.9 Å². The van der Waals surface area contributed by atoms with Gasteiger partial charge in [0, 0.05) is 23.7 Å². The molecule has 0 aliphatic carbocycles. The lowest BCUT2D eigenvalue weighted by Crippen LogP contribution is -2.12. The number of carbonyl (C=O) groups excluding carboxylic acids is 1. The molecule has 0 radical (unpaired) electrons. The molecule has 0 bridgehead atoms. The Balaban J connectivity index is 3.25. The number of hydrogen-bond acceptors (Lipinski definition) is 4. The van der Waals surface area contributed by atoms with Gasteiger partial charge in [0.1, 0.15) is 0 Å². The largest absolute Gasteiger partial charge is 0.366 e. The molecule has 0 aliphatic heterocycles. The van der Waals surface area contributed by atoms with Crippen LogP contribution in [0.15, 0.2) is 18.2 Å². The van der Waals surface area contributed by atoms with E-state index in [1.807, 2.05) is 0 Å². The summed E-state index contributed by atoms with van der Waals surface area (Å²) in [4.78, 5) is 20.7. The van der Waals surface area contributed by atoms with Crippen molar-refractivity contribution in [3.63, 3.8) is 0 Å². The van der Waals surface area contributed by atoms with Crippen molar-refractivity contribution in [2.24, 2.45) is 11.5 Å². The lowest BCUT2D eigenvalue weighted by Gasteiger charge is -2.01. The highest BCUT2D eigenvalue weighted by Crippen LogP contribution is 2.19. The second kappa shape index (κ2) is 3.84. The molecule has 0 aliphatic rings. The molecule has 0 unspecified atom stereocenters. The highest BCUT2D eigenvalue weighted by molar-refractivity contribution is 5.93. The van der Waals surface area contributed by atoms with Gasteiger partial charge in [0.2, 0.25) is 5.91 Å². The van der Waals surface area contributed by atoms with E-state index in [0.717, 1.165) is 0 Å². The summed E-state index contributed by atoms with van der Waals surface area (Å²) in [5.74, 6) is -0.630. The molecule has 1 aromatic rings. The van der Waals surface area contributed by atoms with Gasteiger partial charge < -0.3 is 11.5 Å². The molecule has 0 atom stereocenters. The quantitative estimate of drug-likeness (QED) is 0.528. The lowest BCUT2D eigenvalue weighted by atomic mass is 10.1.